The van der Waals surface area contributed by atoms with Crippen LogP contribution in [0.3, 0.4) is 0 Å². The standard InChI is InChI=1S/C23H30N2O5/c1-5-13-11-25-7-6-14-16-9-20(28-2)21(29-3)10-18(16)24-22(14)19(25)8-15(13)17(12-26)23(27)30-4/h5,9-10,13,15,17,19,24,26H,1,6-8,11-12H2,2-4H3/t13-,15-,17-,19-/m0/s1. The number of rotatable bonds is 6. The molecule has 1 aromatic carbocycles. The van der Waals surface area contributed by atoms with Gasteiger partial charge in [0.1, 0.15) is 0 Å². The highest BCUT2D eigenvalue weighted by Crippen LogP contribution is 2.46. The lowest BCUT2D eigenvalue weighted by molar-refractivity contribution is -0.151. The number of piperidine rings is 1. The normalized spacial score (nSPS) is 24.6. The van der Waals surface area contributed by atoms with Crippen molar-refractivity contribution in [1.29, 1.82) is 0 Å². The van der Waals surface area contributed by atoms with Crippen molar-refractivity contribution in [2.24, 2.45) is 17.8 Å². The third kappa shape index (κ3) is 3.26. The van der Waals surface area contributed by atoms with Gasteiger partial charge in [-0.05, 0) is 36.3 Å². The van der Waals surface area contributed by atoms with Gasteiger partial charge < -0.3 is 24.3 Å². The van der Waals surface area contributed by atoms with Crippen LogP contribution in [-0.4, -0.2) is 62.0 Å². The maximum atomic E-state index is 12.3. The first-order chi connectivity index (χ1) is 14.6. The van der Waals surface area contributed by atoms with E-state index in [2.05, 4.69) is 16.5 Å². The van der Waals surface area contributed by atoms with Crippen LogP contribution in [0.25, 0.3) is 10.9 Å². The van der Waals surface area contributed by atoms with Crippen molar-refractivity contribution in [2.75, 3.05) is 41.0 Å². The zero-order chi connectivity index (χ0) is 21.4. The molecular formula is C23H30N2O5. The molecule has 30 heavy (non-hydrogen) atoms. The molecule has 0 aliphatic carbocycles. The fourth-order valence-corrected chi connectivity index (χ4v) is 5.32. The molecule has 3 heterocycles. The van der Waals surface area contributed by atoms with Crippen LogP contribution < -0.4 is 9.47 Å². The molecule has 0 amide bonds. The molecule has 7 nitrogen and oxygen atoms in total. The summed E-state index contributed by atoms with van der Waals surface area (Å²) in [5, 5.41) is 11.1. The monoisotopic (exact) mass is 414 g/mol. The number of aromatic amines is 1. The van der Waals surface area contributed by atoms with Crippen LogP contribution in [0.1, 0.15) is 23.7 Å². The molecule has 2 aliphatic rings. The summed E-state index contributed by atoms with van der Waals surface area (Å²) in [5.74, 6) is 0.611. The number of esters is 1. The van der Waals surface area contributed by atoms with Gasteiger partial charge in [0, 0.05) is 35.8 Å². The summed E-state index contributed by atoms with van der Waals surface area (Å²) >= 11 is 0. The van der Waals surface area contributed by atoms with E-state index in [0.29, 0.717) is 11.5 Å². The average Bonchev–Trinajstić information content (AvgIpc) is 3.15. The van der Waals surface area contributed by atoms with Gasteiger partial charge in [0.15, 0.2) is 11.5 Å². The highest BCUT2D eigenvalue weighted by atomic mass is 16.5. The van der Waals surface area contributed by atoms with Crippen LogP contribution >= 0.6 is 0 Å². The SMILES string of the molecule is C=C[C@H]1CN2CCc3c([nH]c4cc(OC)c(OC)cc34)[C@@H]2C[C@@H]1[C@H](CO)C(=O)OC. The Hall–Kier alpha value is -2.51. The Balaban J connectivity index is 1.75. The summed E-state index contributed by atoms with van der Waals surface area (Å²) in [7, 11) is 4.66. The predicted molar refractivity (Wildman–Crippen MR) is 114 cm³/mol. The minimum absolute atomic E-state index is 0.0253. The number of nitrogens with one attached hydrogen (secondary N) is 1. The summed E-state index contributed by atoms with van der Waals surface area (Å²) in [6, 6.07) is 4.17. The topological polar surface area (TPSA) is 84.0 Å². The van der Waals surface area contributed by atoms with Crippen LogP contribution in [0.15, 0.2) is 24.8 Å². The van der Waals surface area contributed by atoms with Crippen molar-refractivity contribution in [3.05, 3.63) is 36.0 Å². The van der Waals surface area contributed by atoms with Gasteiger partial charge in [0.25, 0.3) is 0 Å². The molecule has 2 aromatic rings. The van der Waals surface area contributed by atoms with E-state index in [1.165, 1.54) is 18.4 Å². The van der Waals surface area contributed by atoms with E-state index in [0.717, 1.165) is 36.8 Å². The number of nitrogens with zero attached hydrogens (tertiary/aromatic N) is 1. The summed E-state index contributed by atoms with van der Waals surface area (Å²) in [4.78, 5) is 18.4. The molecular weight excluding hydrogens is 384 g/mol. The summed E-state index contributed by atoms with van der Waals surface area (Å²) in [6.45, 7) is 5.53. The molecule has 0 saturated carbocycles. The first-order valence-corrected chi connectivity index (χ1v) is 10.4. The van der Waals surface area contributed by atoms with Gasteiger partial charge in [-0.25, -0.2) is 0 Å². The van der Waals surface area contributed by atoms with Crippen molar-refractivity contribution < 1.29 is 24.1 Å². The van der Waals surface area contributed by atoms with Crippen LogP contribution in [0, 0.1) is 17.8 Å². The average molecular weight is 415 g/mol. The lowest BCUT2D eigenvalue weighted by Crippen LogP contribution is -2.48. The van der Waals surface area contributed by atoms with Gasteiger partial charge in [-0.1, -0.05) is 6.08 Å². The number of benzene rings is 1. The van der Waals surface area contributed by atoms with Gasteiger partial charge in [0.05, 0.1) is 39.9 Å². The largest absolute Gasteiger partial charge is 0.493 e. The third-order valence-electron chi connectivity index (χ3n) is 6.88. The Morgan fingerprint density at radius 2 is 2.07 bits per heavy atom. The van der Waals surface area contributed by atoms with Crippen LogP contribution in [-0.2, 0) is 16.0 Å². The van der Waals surface area contributed by atoms with Gasteiger partial charge in [-0.15, -0.1) is 6.58 Å². The van der Waals surface area contributed by atoms with E-state index in [9.17, 15) is 9.90 Å². The molecule has 0 unspecified atom stereocenters. The van der Waals surface area contributed by atoms with Crippen molar-refractivity contribution in [3.8, 4) is 11.5 Å². The van der Waals surface area contributed by atoms with Crippen molar-refractivity contribution in [1.82, 2.24) is 9.88 Å². The van der Waals surface area contributed by atoms with Gasteiger partial charge in [-0.2, -0.15) is 0 Å². The molecule has 4 atom stereocenters. The second-order valence-corrected chi connectivity index (χ2v) is 8.14. The molecule has 1 aromatic heterocycles. The second kappa shape index (κ2) is 8.32. The van der Waals surface area contributed by atoms with Crippen molar-refractivity contribution in [3.63, 3.8) is 0 Å². The number of carbonyl (C=O) groups excluding carboxylic acids is 1. The number of hydrogen-bond acceptors (Lipinski definition) is 6. The zero-order valence-electron chi connectivity index (χ0n) is 17.8. The Kier molecular flexibility index (Phi) is 5.75. The number of ether oxygens (including phenoxy) is 3. The van der Waals surface area contributed by atoms with Crippen molar-refractivity contribution in [2.45, 2.75) is 18.9 Å². The van der Waals surface area contributed by atoms with E-state index in [4.69, 9.17) is 14.2 Å². The molecule has 0 radical (unpaired) electrons. The molecule has 1 fully saturated rings. The third-order valence-corrected chi connectivity index (χ3v) is 6.88. The number of aromatic nitrogens is 1. The number of hydrogen-bond donors (Lipinski definition) is 2. The number of carbonyl (C=O) groups is 1. The van der Waals surface area contributed by atoms with Crippen LogP contribution in [0.4, 0.5) is 0 Å². The minimum Gasteiger partial charge on any atom is -0.493 e. The van der Waals surface area contributed by atoms with Gasteiger partial charge in [-0.3, -0.25) is 9.69 Å². The fourth-order valence-electron chi connectivity index (χ4n) is 5.32. The Labute approximate surface area is 176 Å². The van der Waals surface area contributed by atoms with Gasteiger partial charge >= 0.3 is 5.97 Å². The van der Waals surface area contributed by atoms with Crippen LogP contribution in [0.2, 0.25) is 0 Å². The molecule has 0 spiro atoms. The maximum Gasteiger partial charge on any atom is 0.311 e. The van der Waals surface area contributed by atoms with Crippen LogP contribution in [0.5, 0.6) is 11.5 Å². The molecule has 1 saturated heterocycles. The highest BCUT2D eigenvalue weighted by Gasteiger charge is 2.44. The molecule has 162 valence electrons. The highest BCUT2D eigenvalue weighted by molar-refractivity contribution is 5.88. The summed E-state index contributed by atoms with van der Waals surface area (Å²) in [5.41, 5.74) is 3.50. The molecule has 7 heteroatoms. The lowest BCUT2D eigenvalue weighted by atomic mass is 9.72. The van der Waals surface area contributed by atoms with E-state index in [-0.39, 0.29) is 30.5 Å². The van der Waals surface area contributed by atoms with Crippen molar-refractivity contribution >= 4 is 16.9 Å². The number of aliphatic hydroxyl groups excluding tert-OH is 1. The van der Waals surface area contributed by atoms with E-state index < -0.39 is 5.92 Å². The second-order valence-electron chi connectivity index (χ2n) is 8.14. The lowest BCUT2D eigenvalue weighted by Gasteiger charge is -2.47. The Morgan fingerprint density at radius 3 is 2.70 bits per heavy atom. The van der Waals surface area contributed by atoms with E-state index >= 15 is 0 Å². The molecule has 0 bridgehead atoms. The number of H-pyrrole nitrogens is 1. The zero-order valence-corrected chi connectivity index (χ0v) is 17.8. The number of methoxy groups -OCH3 is 3. The smallest absolute Gasteiger partial charge is 0.311 e. The van der Waals surface area contributed by atoms with E-state index in [1.807, 2.05) is 18.2 Å². The summed E-state index contributed by atoms with van der Waals surface area (Å²) < 4.78 is 15.9. The quantitative estimate of drug-likeness (QED) is 0.559. The fraction of sp³-hybridized carbons (Fsp3) is 0.522. The maximum absolute atomic E-state index is 12.3. The molecule has 2 N–H and O–H groups in total. The summed E-state index contributed by atoms with van der Waals surface area (Å²) in [6.07, 6.45) is 3.62. The Morgan fingerprint density at radius 1 is 1.33 bits per heavy atom. The minimum atomic E-state index is -0.546. The number of aliphatic hydroxyl groups is 1. The molecule has 2 aliphatic heterocycles. The number of fused-ring (bicyclic) bond motifs is 5. The predicted octanol–water partition coefficient (Wildman–Crippen LogP) is 2.69. The molecule has 4 rings (SSSR count). The Bertz CT molecular complexity index is 953. The first-order valence-electron chi connectivity index (χ1n) is 10.4. The first kappa shape index (κ1) is 20.8. The van der Waals surface area contributed by atoms with Gasteiger partial charge in [0.2, 0.25) is 0 Å². The van der Waals surface area contributed by atoms with E-state index in [1.54, 1.807) is 14.2 Å².